The summed E-state index contributed by atoms with van der Waals surface area (Å²) in [5.74, 6) is -0.190. The van der Waals surface area contributed by atoms with Crippen molar-refractivity contribution in [3.05, 3.63) is 48.7 Å². The van der Waals surface area contributed by atoms with Gasteiger partial charge in [-0.15, -0.1) is 0 Å². The highest BCUT2D eigenvalue weighted by Gasteiger charge is 2.25. The van der Waals surface area contributed by atoms with Crippen molar-refractivity contribution in [2.45, 2.75) is 18.9 Å². The molecule has 0 amide bonds. The Labute approximate surface area is 163 Å². The van der Waals surface area contributed by atoms with E-state index < -0.39 is 0 Å². The Morgan fingerprint density at radius 3 is 2.79 bits per heavy atom. The fraction of sp³-hybridized carbons (Fsp3) is 0.429. The minimum atomic E-state index is -0.190. The number of aromatic nitrogens is 3. The van der Waals surface area contributed by atoms with Gasteiger partial charge in [0, 0.05) is 38.1 Å². The molecule has 0 aliphatic carbocycles. The van der Waals surface area contributed by atoms with Gasteiger partial charge in [0.1, 0.15) is 11.3 Å². The number of halogens is 1. The molecule has 0 bridgehead atoms. The van der Waals surface area contributed by atoms with E-state index in [1.54, 1.807) is 12.1 Å². The molecule has 0 radical (unpaired) electrons. The minimum absolute atomic E-state index is 0.190. The number of rotatable bonds is 3. The van der Waals surface area contributed by atoms with Crippen LogP contribution in [-0.4, -0.2) is 53.9 Å². The van der Waals surface area contributed by atoms with Crippen molar-refractivity contribution in [3.8, 4) is 0 Å². The van der Waals surface area contributed by atoms with Crippen molar-refractivity contribution in [2.24, 2.45) is 0 Å². The molecule has 0 N–H and O–H groups in total. The lowest BCUT2D eigenvalue weighted by Gasteiger charge is -2.35. The average molecular weight is 381 g/mol. The molecule has 1 aromatic carbocycles. The highest BCUT2D eigenvalue weighted by Crippen LogP contribution is 2.31. The highest BCUT2D eigenvalue weighted by atomic mass is 19.1. The summed E-state index contributed by atoms with van der Waals surface area (Å²) >= 11 is 0. The number of nitrogens with zero attached hydrogens (tertiary/aromatic N) is 5. The number of hydrogen-bond acceptors (Lipinski definition) is 5. The first-order valence-corrected chi connectivity index (χ1v) is 9.94. The van der Waals surface area contributed by atoms with Crippen molar-refractivity contribution >= 4 is 22.5 Å². The summed E-state index contributed by atoms with van der Waals surface area (Å²) in [6, 6.07) is 9.18. The van der Waals surface area contributed by atoms with E-state index in [1.807, 2.05) is 24.7 Å². The van der Waals surface area contributed by atoms with Crippen LogP contribution in [0.5, 0.6) is 0 Å². The van der Waals surface area contributed by atoms with Gasteiger partial charge in [0.15, 0.2) is 5.65 Å². The molecule has 2 saturated heterocycles. The van der Waals surface area contributed by atoms with Gasteiger partial charge in [0.2, 0.25) is 0 Å². The molecular formula is C21H24FN5O. The van der Waals surface area contributed by atoms with Crippen molar-refractivity contribution in [1.29, 1.82) is 0 Å². The second kappa shape index (κ2) is 7.39. The zero-order chi connectivity index (χ0) is 18.9. The fourth-order valence-electron chi connectivity index (χ4n) is 4.34. The third-order valence-corrected chi connectivity index (χ3v) is 5.75. The molecule has 1 atom stereocenters. The van der Waals surface area contributed by atoms with Crippen LogP contribution in [0.2, 0.25) is 0 Å². The lowest BCUT2D eigenvalue weighted by Crippen LogP contribution is -2.37. The summed E-state index contributed by atoms with van der Waals surface area (Å²) < 4.78 is 21.3. The summed E-state index contributed by atoms with van der Waals surface area (Å²) in [7, 11) is 0. The van der Waals surface area contributed by atoms with E-state index >= 15 is 0 Å². The largest absolute Gasteiger partial charge is 0.378 e. The van der Waals surface area contributed by atoms with E-state index in [0.29, 0.717) is 0 Å². The van der Waals surface area contributed by atoms with Gasteiger partial charge < -0.3 is 19.1 Å². The van der Waals surface area contributed by atoms with Crippen molar-refractivity contribution < 1.29 is 9.13 Å². The van der Waals surface area contributed by atoms with Gasteiger partial charge in [-0.1, -0.05) is 6.07 Å². The normalized spacial score (nSPS) is 20.7. The first kappa shape index (κ1) is 17.4. The molecule has 28 heavy (non-hydrogen) atoms. The zero-order valence-electron chi connectivity index (χ0n) is 15.8. The molecule has 2 aliphatic rings. The van der Waals surface area contributed by atoms with E-state index in [2.05, 4.69) is 19.4 Å². The molecule has 2 aliphatic heterocycles. The van der Waals surface area contributed by atoms with Crippen LogP contribution in [-0.2, 0) is 4.74 Å². The summed E-state index contributed by atoms with van der Waals surface area (Å²) in [6.45, 7) is 5.02. The Kier molecular flexibility index (Phi) is 4.60. The van der Waals surface area contributed by atoms with Crippen LogP contribution in [0.4, 0.5) is 15.8 Å². The summed E-state index contributed by atoms with van der Waals surface area (Å²) in [5.41, 5.74) is 3.95. The number of piperidine rings is 1. The van der Waals surface area contributed by atoms with E-state index in [9.17, 15) is 4.39 Å². The molecule has 2 fully saturated rings. The first-order valence-electron chi connectivity index (χ1n) is 9.94. The average Bonchev–Trinajstić information content (AvgIpc) is 3.19. The van der Waals surface area contributed by atoms with Crippen LogP contribution in [0, 0.1) is 5.82 Å². The second-order valence-corrected chi connectivity index (χ2v) is 7.48. The maximum Gasteiger partial charge on any atom is 0.162 e. The third-order valence-electron chi connectivity index (χ3n) is 5.75. The standard InChI is InChI=1S/C21H24FN5O/c22-16-3-1-4-17(13-16)26-8-2-5-18(14-26)27-15-24-20-19(6-7-23-21(20)27)25-9-11-28-12-10-25/h1,3-4,6-7,13,15,18H,2,5,8-12,14H2/t18-/m1/s1. The molecular weight excluding hydrogens is 357 g/mol. The Morgan fingerprint density at radius 1 is 1.04 bits per heavy atom. The van der Waals surface area contributed by atoms with Crippen molar-refractivity contribution in [1.82, 2.24) is 14.5 Å². The number of ether oxygens (including phenoxy) is 1. The lowest BCUT2D eigenvalue weighted by atomic mass is 10.0. The van der Waals surface area contributed by atoms with Gasteiger partial charge in [-0.2, -0.15) is 0 Å². The maximum absolute atomic E-state index is 13.7. The number of imidazole rings is 1. The SMILES string of the molecule is Fc1cccc(N2CCC[C@@H](n3cnc4c(N5CCOCC5)ccnc43)C2)c1. The van der Waals surface area contributed by atoms with E-state index in [1.165, 1.54) is 6.07 Å². The molecule has 6 nitrogen and oxygen atoms in total. The van der Waals surface area contributed by atoms with Crippen LogP contribution in [0.25, 0.3) is 11.2 Å². The highest BCUT2D eigenvalue weighted by molar-refractivity contribution is 5.86. The van der Waals surface area contributed by atoms with Gasteiger partial charge in [0.05, 0.1) is 31.3 Å². The molecule has 7 heteroatoms. The monoisotopic (exact) mass is 381 g/mol. The Hall–Kier alpha value is -2.67. The molecule has 0 spiro atoms. The van der Waals surface area contributed by atoms with Crippen LogP contribution in [0.1, 0.15) is 18.9 Å². The number of benzene rings is 1. The van der Waals surface area contributed by atoms with E-state index in [4.69, 9.17) is 9.72 Å². The maximum atomic E-state index is 13.7. The number of anilines is 2. The van der Waals surface area contributed by atoms with E-state index in [0.717, 1.165) is 74.8 Å². The van der Waals surface area contributed by atoms with Crippen LogP contribution in [0.3, 0.4) is 0 Å². The Bertz CT molecular complexity index is 968. The molecule has 146 valence electrons. The summed E-state index contributed by atoms with van der Waals surface area (Å²) in [6.07, 6.45) is 5.92. The smallest absolute Gasteiger partial charge is 0.162 e. The van der Waals surface area contributed by atoms with Gasteiger partial charge in [-0.05, 0) is 37.1 Å². The molecule has 2 aromatic heterocycles. The molecule has 0 unspecified atom stereocenters. The number of morpholine rings is 1. The number of hydrogen-bond donors (Lipinski definition) is 0. The van der Waals surface area contributed by atoms with Gasteiger partial charge in [-0.3, -0.25) is 0 Å². The second-order valence-electron chi connectivity index (χ2n) is 7.48. The fourth-order valence-corrected chi connectivity index (χ4v) is 4.34. The first-order chi connectivity index (χ1) is 13.8. The lowest BCUT2D eigenvalue weighted by molar-refractivity contribution is 0.123. The van der Waals surface area contributed by atoms with Crippen molar-refractivity contribution in [3.63, 3.8) is 0 Å². The van der Waals surface area contributed by atoms with Crippen LogP contribution < -0.4 is 9.80 Å². The summed E-state index contributed by atoms with van der Waals surface area (Å²) in [5, 5.41) is 0. The quantitative estimate of drug-likeness (QED) is 0.697. The van der Waals surface area contributed by atoms with Crippen LogP contribution >= 0.6 is 0 Å². The van der Waals surface area contributed by atoms with Crippen molar-refractivity contribution in [2.75, 3.05) is 49.2 Å². The van der Waals surface area contributed by atoms with Gasteiger partial charge in [0.25, 0.3) is 0 Å². The van der Waals surface area contributed by atoms with Gasteiger partial charge in [-0.25, -0.2) is 14.4 Å². The summed E-state index contributed by atoms with van der Waals surface area (Å²) in [4.78, 5) is 14.0. The van der Waals surface area contributed by atoms with Crippen LogP contribution in [0.15, 0.2) is 42.9 Å². The molecule has 5 rings (SSSR count). The number of fused-ring (bicyclic) bond motifs is 1. The van der Waals surface area contributed by atoms with Gasteiger partial charge >= 0.3 is 0 Å². The third kappa shape index (κ3) is 3.20. The Balaban J connectivity index is 1.44. The zero-order valence-corrected chi connectivity index (χ0v) is 15.8. The predicted molar refractivity (Wildman–Crippen MR) is 107 cm³/mol. The predicted octanol–water partition coefficient (Wildman–Crippen LogP) is 3.25. The minimum Gasteiger partial charge on any atom is -0.378 e. The topological polar surface area (TPSA) is 46.4 Å². The Morgan fingerprint density at radius 2 is 1.93 bits per heavy atom. The molecule has 0 saturated carbocycles. The molecule has 4 heterocycles. The number of pyridine rings is 1. The molecule has 3 aromatic rings. The van der Waals surface area contributed by atoms with E-state index in [-0.39, 0.29) is 11.9 Å².